The Kier molecular flexibility index (Phi) is 3.85. The van der Waals surface area contributed by atoms with Crippen LogP contribution in [0, 0.1) is 5.92 Å². The Balaban J connectivity index is 1.55. The lowest BCUT2D eigenvalue weighted by Gasteiger charge is -2.11. The minimum Gasteiger partial charge on any atom is -0.397 e. The highest BCUT2D eigenvalue weighted by Crippen LogP contribution is 2.30. The number of carbonyl (C=O) groups is 1. The van der Waals surface area contributed by atoms with Crippen LogP contribution in [0.2, 0.25) is 0 Å². The summed E-state index contributed by atoms with van der Waals surface area (Å²) in [5, 5.41) is 7.41. The molecule has 2 fully saturated rings. The van der Waals surface area contributed by atoms with Crippen molar-refractivity contribution in [1.29, 1.82) is 0 Å². The Labute approximate surface area is 123 Å². The van der Waals surface area contributed by atoms with Gasteiger partial charge in [-0.15, -0.1) is 11.3 Å². The molecule has 1 aromatic rings. The van der Waals surface area contributed by atoms with Gasteiger partial charge in [0.25, 0.3) is 5.91 Å². The Morgan fingerprint density at radius 3 is 2.95 bits per heavy atom. The van der Waals surface area contributed by atoms with E-state index in [-0.39, 0.29) is 5.91 Å². The Morgan fingerprint density at radius 1 is 1.50 bits per heavy atom. The van der Waals surface area contributed by atoms with Crippen LogP contribution >= 0.6 is 11.3 Å². The molecule has 1 amide bonds. The van der Waals surface area contributed by atoms with Crippen LogP contribution in [-0.2, 0) is 0 Å². The van der Waals surface area contributed by atoms with E-state index in [1.165, 1.54) is 24.3 Å². The third-order valence-electron chi connectivity index (χ3n) is 3.93. The average Bonchev–Trinajstić information content (AvgIpc) is 2.98. The van der Waals surface area contributed by atoms with Crippen LogP contribution in [0.1, 0.15) is 28.9 Å². The summed E-state index contributed by atoms with van der Waals surface area (Å²) < 4.78 is 0. The van der Waals surface area contributed by atoms with Crippen molar-refractivity contribution < 1.29 is 4.79 Å². The Hall–Kier alpha value is -1.27. The first-order valence-corrected chi connectivity index (χ1v) is 8.06. The van der Waals surface area contributed by atoms with E-state index in [0.717, 1.165) is 30.9 Å². The number of nitrogens with zero attached hydrogens (tertiary/aromatic N) is 1. The molecule has 0 aromatic carbocycles. The number of hydrogen-bond acceptors (Lipinski definition) is 5. The van der Waals surface area contributed by atoms with Gasteiger partial charge in [0, 0.05) is 19.1 Å². The number of hydrogen-bond donors (Lipinski definition) is 3. The van der Waals surface area contributed by atoms with Gasteiger partial charge in [0.1, 0.15) is 4.88 Å². The van der Waals surface area contributed by atoms with E-state index in [1.54, 1.807) is 0 Å². The largest absolute Gasteiger partial charge is 0.397 e. The van der Waals surface area contributed by atoms with Gasteiger partial charge in [0.2, 0.25) is 0 Å². The minimum atomic E-state index is -0.0244. The predicted octanol–water partition coefficient (Wildman–Crippen LogP) is 1.59. The standard InChI is InChI=1S/C14H22N4OS/c1-18-5-4-9(8-18)7-16-12-6-11(15)13(20-12)14(19)17-10-2-3-10/h6,9-10,16H,2-5,7-8,15H2,1H3,(H,17,19). The number of likely N-dealkylation sites (tertiary alicyclic amines) is 1. The molecule has 0 spiro atoms. The molecule has 1 unspecified atom stereocenters. The molecule has 1 saturated carbocycles. The highest BCUT2D eigenvalue weighted by molar-refractivity contribution is 7.18. The van der Waals surface area contributed by atoms with Gasteiger partial charge in [-0.05, 0) is 44.8 Å². The number of amides is 1. The van der Waals surface area contributed by atoms with E-state index in [2.05, 4.69) is 22.6 Å². The lowest BCUT2D eigenvalue weighted by Crippen LogP contribution is -2.25. The summed E-state index contributed by atoms with van der Waals surface area (Å²) in [4.78, 5) is 15.0. The number of nitrogens with two attached hydrogens (primary N) is 1. The number of anilines is 2. The lowest BCUT2D eigenvalue weighted by atomic mass is 10.1. The smallest absolute Gasteiger partial charge is 0.263 e. The van der Waals surface area contributed by atoms with Gasteiger partial charge < -0.3 is 21.3 Å². The lowest BCUT2D eigenvalue weighted by molar-refractivity contribution is 0.0956. The van der Waals surface area contributed by atoms with Crippen LogP contribution in [0.4, 0.5) is 10.7 Å². The first kappa shape index (κ1) is 13.7. The molecule has 0 bridgehead atoms. The Bertz CT molecular complexity index is 497. The van der Waals surface area contributed by atoms with Crippen LogP contribution in [0.15, 0.2) is 6.07 Å². The molecule has 1 aliphatic carbocycles. The molecule has 1 aromatic heterocycles. The van der Waals surface area contributed by atoms with E-state index in [1.807, 2.05) is 6.07 Å². The SMILES string of the molecule is CN1CCC(CNc2cc(N)c(C(=O)NC3CC3)s2)C1. The maximum absolute atomic E-state index is 12.0. The number of carbonyl (C=O) groups excluding carboxylic acids is 1. The molecule has 0 radical (unpaired) electrons. The van der Waals surface area contributed by atoms with Crippen LogP contribution in [0.3, 0.4) is 0 Å². The molecule has 1 atom stereocenters. The number of thiophene rings is 1. The van der Waals surface area contributed by atoms with Gasteiger partial charge in [-0.1, -0.05) is 0 Å². The van der Waals surface area contributed by atoms with Crippen LogP contribution in [0.5, 0.6) is 0 Å². The molecule has 2 heterocycles. The molecule has 110 valence electrons. The molecule has 3 rings (SSSR count). The van der Waals surface area contributed by atoms with E-state index < -0.39 is 0 Å². The molecule has 6 heteroatoms. The zero-order valence-corrected chi connectivity index (χ0v) is 12.6. The van der Waals surface area contributed by atoms with Crippen LogP contribution in [-0.4, -0.2) is 43.5 Å². The predicted molar refractivity (Wildman–Crippen MR) is 83.3 cm³/mol. The zero-order chi connectivity index (χ0) is 14.1. The van der Waals surface area contributed by atoms with Gasteiger partial charge in [0.15, 0.2) is 0 Å². The summed E-state index contributed by atoms with van der Waals surface area (Å²) in [5.41, 5.74) is 6.53. The van der Waals surface area contributed by atoms with Gasteiger partial charge in [-0.3, -0.25) is 4.79 Å². The van der Waals surface area contributed by atoms with E-state index in [0.29, 0.717) is 22.5 Å². The first-order valence-electron chi connectivity index (χ1n) is 7.24. The van der Waals surface area contributed by atoms with Gasteiger partial charge >= 0.3 is 0 Å². The van der Waals surface area contributed by atoms with Crippen molar-refractivity contribution in [3.05, 3.63) is 10.9 Å². The van der Waals surface area contributed by atoms with E-state index >= 15 is 0 Å². The van der Waals surface area contributed by atoms with Crippen molar-refractivity contribution in [2.75, 3.05) is 37.7 Å². The van der Waals surface area contributed by atoms with Crippen molar-refractivity contribution in [2.45, 2.75) is 25.3 Å². The fourth-order valence-corrected chi connectivity index (χ4v) is 3.48. The van der Waals surface area contributed by atoms with Gasteiger partial charge in [0.05, 0.1) is 10.7 Å². The van der Waals surface area contributed by atoms with E-state index in [9.17, 15) is 4.79 Å². The summed E-state index contributed by atoms with van der Waals surface area (Å²) in [6.45, 7) is 3.27. The van der Waals surface area contributed by atoms with Crippen molar-refractivity contribution >= 4 is 27.9 Å². The molecule has 1 saturated heterocycles. The third-order valence-corrected chi connectivity index (χ3v) is 5.04. The second-order valence-electron chi connectivity index (χ2n) is 5.94. The maximum Gasteiger partial charge on any atom is 0.263 e. The first-order chi connectivity index (χ1) is 9.61. The minimum absolute atomic E-state index is 0.0244. The third kappa shape index (κ3) is 3.24. The molecule has 1 aliphatic heterocycles. The van der Waals surface area contributed by atoms with Crippen molar-refractivity contribution in [3.63, 3.8) is 0 Å². The van der Waals surface area contributed by atoms with Crippen LogP contribution < -0.4 is 16.4 Å². The fraction of sp³-hybridized carbons (Fsp3) is 0.643. The molecule has 2 aliphatic rings. The average molecular weight is 294 g/mol. The highest BCUT2D eigenvalue weighted by Gasteiger charge is 2.26. The molecular weight excluding hydrogens is 272 g/mol. The normalized spacial score (nSPS) is 22.9. The highest BCUT2D eigenvalue weighted by atomic mass is 32.1. The number of rotatable bonds is 5. The second kappa shape index (κ2) is 5.61. The molecule has 20 heavy (non-hydrogen) atoms. The fourth-order valence-electron chi connectivity index (χ4n) is 2.59. The quantitative estimate of drug-likeness (QED) is 0.771. The summed E-state index contributed by atoms with van der Waals surface area (Å²) >= 11 is 1.46. The van der Waals surface area contributed by atoms with Crippen molar-refractivity contribution in [2.24, 2.45) is 5.92 Å². The maximum atomic E-state index is 12.0. The summed E-state index contributed by atoms with van der Waals surface area (Å²) in [5.74, 6) is 0.663. The van der Waals surface area contributed by atoms with Crippen LogP contribution in [0.25, 0.3) is 0 Å². The molecule has 4 N–H and O–H groups in total. The summed E-state index contributed by atoms with van der Waals surface area (Å²) in [6, 6.07) is 2.25. The Morgan fingerprint density at radius 2 is 2.30 bits per heavy atom. The van der Waals surface area contributed by atoms with Crippen molar-refractivity contribution in [3.8, 4) is 0 Å². The van der Waals surface area contributed by atoms with Gasteiger partial charge in [-0.25, -0.2) is 0 Å². The molecule has 5 nitrogen and oxygen atoms in total. The number of nitrogen functional groups attached to an aromatic ring is 1. The summed E-state index contributed by atoms with van der Waals surface area (Å²) in [7, 11) is 2.16. The van der Waals surface area contributed by atoms with Gasteiger partial charge in [-0.2, -0.15) is 0 Å². The monoisotopic (exact) mass is 294 g/mol. The topological polar surface area (TPSA) is 70.4 Å². The number of nitrogens with one attached hydrogen (secondary N) is 2. The second-order valence-corrected chi connectivity index (χ2v) is 6.99. The van der Waals surface area contributed by atoms with E-state index in [4.69, 9.17) is 5.73 Å². The van der Waals surface area contributed by atoms with Crippen molar-refractivity contribution in [1.82, 2.24) is 10.2 Å². The molecular formula is C14H22N4OS. The summed E-state index contributed by atoms with van der Waals surface area (Å²) in [6.07, 6.45) is 3.42. The zero-order valence-electron chi connectivity index (χ0n) is 11.8.